The molecule has 0 radical (unpaired) electrons. The first-order valence-electron chi connectivity index (χ1n) is 7.72. The number of aromatic nitrogens is 1. The van der Waals surface area contributed by atoms with Gasteiger partial charge in [-0.05, 0) is 24.1 Å². The van der Waals surface area contributed by atoms with Gasteiger partial charge in [-0.3, -0.25) is 0 Å². The fourth-order valence-corrected chi connectivity index (χ4v) is 4.02. The second-order valence-electron chi connectivity index (χ2n) is 6.45. The van der Waals surface area contributed by atoms with Gasteiger partial charge in [-0.1, -0.05) is 48.5 Å². The average molecular weight is 287 g/mol. The van der Waals surface area contributed by atoms with E-state index in [4.69, 9.17) is 4.74 Å². The van der Waals surface area contributed by atoms with Crippen molar-refractivity contribution in [3.63, 3.8) is 0 Å². The van der Waals surface area contributed by atoms with E-state index < -0.39 is 0 Å². The smallest absolute Gasteiger partial charge is 0.110 e. The number of benzene rings is 2. The molecular formula is C20H17NO. The molecule has 2 bridgehead atoms. The van der Waals surface area contributed by atoms with Gasteiger partial charge in [-0.15, -0.1) is 0 Å². The third kappa shape index (κ3) is 1.38. The van der Waals surface area contributed by atoms with Crippen molar-refractivity contribution in [1.82, 2.24) is 4.57 Å². The lowest BCUT2D eigenvalue weighted by atomic mass is 9.86. The van der Waals surface area contributed by atoms with Crippen molar-refractivity contribution in [2.45, 2.75) is 18.6 Å². The van der Waals surface area contributed by atoms with Crippen molar-refractivity contribution in [3.05, 3.63) is 71.9 Å². The van der Waals surface area contributed by atoms with Crippen molar-refractivity contribution in [2.24, 2.45) is 7.05 Å². The molecule has 108 valence electrons. The third-order valence-electron chi connectivity index (χ3n) is 5.05. The van der Waals surface area contributed by atoms with E-state index in [0.717, 1.165) is 0 Å². The summed E-state index contributed by atoms with van der Waals surface area (Å²) in [6.45, 7) is 2.15. The van der Waals surface area contributed by atoms with Crippen molar-refractivity contribution < 1.29 is 4.74 Å². The highest BCUT2D eigenvalue weighted by Gasteiger charge is 2.44. The summed E-state index contributed by atoms with van der Waals surface area (Å²) in [5.41, 5.74) is 6.26. The van der Waals surface area contributed by atoms with Gasteiger partial charge in [0.1, 0.15) is 11.7 Å². The number of hydrogen-bond donors (Lipinski definition) is 0. The van der Waals surface area contributed by atoms with Crippen LogP contribution in [0, 0.1) is 0 Å². The molecule has 0 amide bonds. The first-order chi connectivity index (χ1) is 10.7. The fourth-order valence-electron chi connectivity index (χ4n) is 4.02. The second-order valence-corrected chi connectivity index (χ2v) is 6.45. The molecule has 1 aromatic heterocycles. The van der Waals surface area contributed by atoms with Crippen molar-refractivity contribution >= 4 is 10.9 Å². The van der Waals surface area contributed by atoms with Gasteiger partial charge in [0.05, 0.1) is 5.52 Å². The molecule has 2 atom stereocenters. The molecule has 2 heteroatoms. The van der Waals surface area contributed by atoms with E-state index in [0.29, 0.717) is 0 Å². The van der Waals surface area contributed by atoms with Gasteiger partial charge in [0.2, 0.25) is 0 Å². The normalized spacial score (nSPS) is 25.1. The highest BCUT2D eigenvalue weighted by Crippen LogP contribution is 2.53. The van der Waals surface area contributed by atoms with Crippen LogP contribution in [-0.4, -0.2) is 4.57 Å². The van der Waals surface area contributed by atoms with Gasteiger partial charge < -0.3 is 9.30 Å². The lowest BCUT2D eigenvalue weighted by molar-refractivity contribution is 0.0115. The van der Waals surface area contributed by atoms with Crippen LogP contribution in [0.1, 0.15) is 24.2 Å². The summed E-state index contributed by atoms with van der Waals surface area (Å²) in [7, 11) is 2.13. The summed E-state index contributed by atoms with van der Waals surface area (Å²) in [6, 6.07) is 15.1. The first-order valence-corrected chi connectivity index (χ1v) is 7.72. The topological polar surface area (TPSA) is 14.2 Å². The van der Waals surface area contributed by atoms with Gasteiger partial charge in [0.15, 0.2) is 0 Å². The van der Waals surface area contributed by atoms with Crippen LogP contribution >= 0.6 is 0 Å². The molecule has 2 aliphatic heterocycles. The summed E-state index contributed by atoms with van der Waals surface area (Å²) < 4.78 is 8.43. The molecule has 22 heavy (non-hydrogen) atoms. The van der Waals surface area contributed by atoms with E-state index in [2.05, 4.69) is 79.4 Å². The average Bonchev–Trinajstić information content (AvgIpc) is 3.17. The lowest BCUT2D eigenvalue weighted by Gasteiger charge is -2.18. The molecule has 2 nitrogen and oxygen atoms in total. The van der Waals surface area contributed by atoms with Crippen LogP contribution in [0.3, 0.4) is 0 Å². The van der Waals surface area contributed by atoms with Crippen LogP contribution in [0.25, 0.3) is 22.0 Å². The standard InChI is InChI=1S/C20H17NO/c1-20-11-10-17(22-20)18-16(20)9-8-14-15(12-21(2)19(14)18)13-6-4-3-5-7-13/h3-12,17H,1-2H3. The van der Waals surface area contributed by atoms with Gasteiger partial charge in [0.25, 0.3) is 0 Å². The van der Waals surface area contributed by atoms with Gasteiger partial charge >= 0.3 is 0 Å². The van der Waals surface area contributed by atoms with E-state index in [1.54, 1.807) is 0 Å². The Hall–Kier alpha value is -2.32. The quantitative estimate of drug-likeness (QED) is 0.592. The van der Waals surface area contributed by atoms with Crippen LogP contribution in [0.4, 0.5) is 0 Å². The summed E-state index contributed by atoms with van der Waals surface area (Å²) in [4.78, 5) is 0. The number of hydrogen-bond acceptors (Lipinski definition) is 1. The molecular weight excluding hydrogens is 270 g/mol. The van der Waals surface area contributed by atoms with E-state index in [1.807, 2.05) is 0 Å². The van der Waals surface area contributed by atoms with Gasteiger partial charge in [0, 0.05) is 29.8 Å². The number of ether oxygens (including phenoxy) is 1. The zero-order chi connectivity index (χ0) is 14.9. The van der Waals surface area contributed by atoms with Crippen LogP contribution < -0.4 is 0 Å². The molecule has 0 spiro atoms. The Kier molecular flexibility index (Phi) is 2.17. The Balaban J connectivity index is 1.85. The largest absolute Gasteiger partial charge is 0.354 e. The molecule has 0 fully saturated rings. The highest BCUT2D eigenvalue weighted by atomic mass is 16.5. The number of nitrogens with zero attached hydrogens (tertiary/aromatic N) is 1. The SMILES string of the molecule is Cn1cc(-c2ccccc2)c2ccc3c(c21)C1C=CC3(C)O1. The Morgan fingerprint density at radius 3 is 2.73 bits per heavy atom. The van der Waals surface area contributed by atoms with E-state index in [9.17, 15) is 0 Å². The molecule has 2 unspecified atom stereocenters. The lowest BCUT2D eigenvalue weighted by Crippen LogP contribution is -2.14. The second kappa shape index (κ2) is 3.90. The van der Waals surface area contributed by atoms with Crippen LogP contribution in [0.2, 0.25) is 0 Å². The Morgan fingerprint density at radius 2 is 1.91 bits per heavy atom. The zero-order valence-electron chi connectivity index (χ0n) is 12.7. The molecule has 0 aliphatic carbocycles. The van der Waals surface area contributed by atoms with E-state index in [1.165, 1.54) is 33.2 Å². The Labute approximate surface area is 129 Å². The number of rotatable bonds is 1. The van der Waals surface area contributed by atoms with Gasteiger partial charge in [-0.25, -0.2) is 0 Å². The number of fused-ring (bicyclic) bond motifs is 7. The summed E-state index contributed by atoms with van der Waals surface area (Å²) in [5, 5.41) is 1.31. The molecule has 2 aromatic carbocycles. The fraction of sp³-hybridized carbons (Fsp3) is 0.200. The predicted octanol–water partition coefficient (Wildman–Crippen LogP) is 4.70. The molecule has 0 saturated carbocycles. The molecule has 0 saturated heterocycles. The molecule has 3 heterocycles. The summed E-state index contributed by atoms with van der Waals surface area (Å²) in [6.07, 6.45) is 6.71. The van der Waals surface area contributed by atoms with E-state index in [-0.39, 0.29) is 11.7 Å². The van der Waals surface area contributed by atoms with Crippen molar-refractivity contribution in [1.29, 1.82) is 0 Å². The van der Waals surface area contributed by atoms with E-state index >= 15 is 0 Å². The van der Waals surface area contributed by atoms with Crippen molar-refractivity contribution in [2.75, 3.05) is 0 Å². The molecule has 5 rings (SSSR count). The highest BCUT2D eigenvalue weighted by molar-refractivity contribution is 5.99. The molecule has 2 aliphatic rings. The minimum absolute atomic E-state index is 0.0981. The third-order valence-corrected chi connectivity index (χ3v) is 5.05. The van der Waals surface area contributed by atoms with Crippen LogP contribution in [0.15, 0.2) is 60.8 Å². The van der Waals surface area contributed by atoms with Crippen molar-refractivity contribution in [3.8, 4) is 11.1 Å². The summed E-state index contributed by atoms with van der Waals surface area (Å²) >= 11 is 0. The summed E-state index contributed by atoms with van der Waals surface area (Å²) in [5.74, 6) is 0. The van der Waals surface area contributed by atoms with Crippen LogP contribution in [0.5, 0.6) is 0 Å². The predicted molar refractivity (Wildman–Crippen MR) is 88.7 cm³/mol. The van der Waals surface area contributed by atoms with Gasteiger partial charge in [-0.2, -0.15) is 0 Å². The molecule has 0 N–H and O–H groups in total. The Morgan fingerprint density at radius 1 is 1.09 bits per heavy atom. The minimum Gasteiger partial charge on any atom is -0.354 e. The number of aryl methyl sites for hydroxylation is 1. The first kappa shape index (κ1) is 12.2. The maximum Gasteiger partial charge on any atom is 0.110 e. The van der Waals surface area contributed by atoms with Crippen LogP contribution in [-0.2, 0) is 17.4 Å². The monoisotopic (exact) mass is 287 g/mol. The molecule has 3 aromatic rings. The Bertz CT molecular complexity index is 935. The minimum atomic E-state index is -0.245. The maximum atomic E-state index is 6.18. The zero-order valence-corrected chi connectivity index (χ0v) is 12.7. The maximum absolute atomic E-state index is 6.18.